The lowest BCUT2D eigenvalue weighted by Gasteiger charge is -2.28. The summed E-state index contributed by atoms with van der Waals surface area (Å²) in [5.74, 6) is -3.27. The first kappa shape index (κ1) is 39.5. The Morgan fingerprint density at radius 2 is 1.57 bits per heavy atom. The number of hydrogen-bond acceptors (Lipinski definition) is 8. The summed E-state index contributed by atoms with van der Waals surface area (Å²) in [6.45, 7) is 5.99. The van der Waals surface area contributed by atoms with Crippen molar-refractivity contribution in [2.45, 2.75) is 95.9 Å². The quantitative estimate of drug-likeness (QED) is 0.132. The fourth-order valence-corrected chi connectivity index (χ4v) is 7.69. The number of amides is 2. The predicted octanol–water partition coefficient (Wildman–Crippen LogP) is 4.78. The molecule has 3 rings (SSSR count). The third-order valence-corrected chi connectivity index (χ3v) is 10.4. The van der Waals surface area contributed by atoms with Gasteiger partial charge in [-0.25, -0.2) is 22.0 Å². The van der Waals surface area contributed by atoms with E-state index in [9.17, 15) is 31.9 Å². The molecule has 10 nitrogen and oxygen atoms in total. The number of aryl methyl sites for hydroxylation is 1. The molecule has 0 unspecified atom stereocenters. The molecule has 13 heteroatoms. The number of benzene rings is 2. The molecule has 0 aliphatic carbocycles. The minimum Gasteiger partial charge on any atom is -0.445 e. The first-order valence-electron chi connectivity index (χ1n) is 16.7. The van der Waals surface area contributed by atoms with Gasteiger partial charge in [0.25, 0.3) is 0 Å². The highest BCUT2D eigenvalue weighted by Gasteiger charge is 2.34. The summed E-state index contributed by atoms with van der Waals surface area (Å²) in [6.07, 6.45) is 3.41. The van der Waals surface area contributed by atoms with Gasteiger partial charge in [0.2, 0.25) is 5.91 Å². The van der Waals surface area contributed by atoms with Crippen LogP contribution in [0.5, 0.6) is 0 Å². The summed E-state index contributed by atoms with van der Waals surface area (Å²) in [5.41, 5.74) is 2.87. The average Bonchev–Trinajstić information content (AvgIpc) is 3.06. The second-order valence-electron chi connectivity index (χ2n) is 12.1. The van der Waals surface area contributed by atoms with Crippen molar-refractivity contribution in [3.63, 3.8) is 0 Å². The number of sulfone groups is 1. The summed E-state index contributed by atoms with van der Waals surface area (Å²) in [4.78, 5) is 30.7. The van der Waals surface area contributed by atoms with Crippen LogP contribution in [-0.4, -0.2) is 66.2 Å². The molecule has 3 atom stereocenters. The number of aromatic nitrogens is 1. The van der Waals surface area contributed by atoms with Gasteiger partial charge in [0.05, 0.1) is 23.1 Å². The van der Waals surface area contributed by atoms with Crippen molar-refractivity contribution in [3.05, 3.63) is 101 Å². The summed E-state index contributed by atoms with van der Waals surface area (Å²) in [7, 11) is -3.90. The minimum absolute atomic E-state index is 0.0162. The largest absolute Gasteiger partial charge is 0.445 e. The topological polar surface area (TPSA) is 147 Å². The molecule has 0 bridgehead atoms. The zero-order valence-corrected chi connectivity index (χ0v) is 29.1. The van der Waals surface area contributed by atoms with Crippen molar-refractivity contribution in [2.24, 2.45) is 0 Å². The number of carbonyl (C=O) groups excluding carboxylic acids is 2. The predicted molar refractivity (Wildman–Crippen MR) is 184 cm³/mol. The molecular weight excluding hydrogens is 654 g/mol. The number of alkyl carbamates (subject to hydrolysis) is 1. The number of aliphatic hydroxyl groups is 1. The molecular formula is C36H48F2N4O6S. The second-order valence-corrected chi connectivity index (χ2v) is 14.5. The van der Waals surface area contributed by atoms with E-state index in [4.69, 9.17) is 4.74 Å². The number of ether oxygens (including phenoxy) is 1. The number of nitrogens with zero attached hydrogens (tertiary/aromatic N) is 1. The van der Waals surface area contributed by atoms with E-state index >= 15 is 0 Å². The standard InChI is InChI=1S/C36H48F2N4O6S/c1-4-9-31(10-5-2)49(46,47)24-33(42-36(45)48-23-27-13-8-14-39-21-27)35(44)41-32(18-28-16-29(37)19-30(38)17-28)34(43)22-40-20-26-12-7-11-25(6-3)15-26/h7-8,11-17,19,21,31-34,40,43H,4-6,9-10,18,20,22-24H2,1-3H3,(H,41,44)(H,42,45)/t32-,33+,34+/m0/s1. The third kappa shape index (κ3) is 13.5. The van der Waals surface area contributed by atoms with Crippen molar-refractivity contribution in [1.29, 1.82) is 0 Å². The van der Waals surface area contributed by atoms with Crippen molar-refractivity contribution >= 4 is 21.8 Å². The molecule has 268 valence electrons. The number of carbonyl (C=O) groups is 2. The number of aliphatic hydroxyl groups excluding tert-OH is 1. The van der Waals surface area contributed by atoms with E-state index in [1.54, 1.807) is 18.3 Å². The van der Waals surface area contributed by atoms with Gasteiger partial charge in [-0.2, -0.15) is 0 Å². The van der Waals surface area contributed by atoms with Crippen LogP contribution in [0.4, 0.5) is 13.6 Å². The van der Waals surface area contributed by atoms with Gasteiger partial charge in [-0.1, -0.05) is 63.9 Å². The normalized spacial score (nSPS) is 13.4. The van der Waals surface area contributed by atoms with Crippen molar-refractivity contribution in [2.75, 3.05) is 12.3 Å². The van der Waals surface area contributed by atoms with Crippen LogP contribution < -0.4 is 16.0 Å². The Morgan fingerprint density at radius 3 is 2.20 bits per heavy atom. The molecule has 1 aromatic heterocycles. The summed E-state index contributed by atoms with van der Waals surface area (Å²) >= 11 is 0. The number of halogens is 2. The van der Waals surface area contributed by atoms with E-state index < -0.39 is 62.7 Å². The van der Waals surface area contributed by atoms with Gasteiger partial charge in [0.15, 0.2) is 9.84 Å². The van der Waals surface area contributed by atoms with Gasteiger partial charge in [-0.05, 0) is 60.6 Å². The van der Waals surface area contributed by atoms with E-state index in [0.29, 0.717) is 43.9 Å². The number of pyridine rings is 1. The van der Waals surface area contributed by atoms with Gasteiger partial charge in [-0.3, -0.25) is 9.78 Å². The fraction of sp³-hybridized carbons (Fsp3) is 0.472. The highest BCUT2D eigenvalue weighted by Crippen LogP contribution is 2.18. The van der Waals surface area contributed by atoms with E-state index in [1.165, 1.54) is 6.20 Å². The molecule has 0 spiro atoms. The first-order chi connectivity index (χ1) is 23.4. The van der Waals surface area contributed by atoms with Crippen molar-refractivity contribution < 1.29 is 36.6 Å². The summed E-state index contributed by atoms with van der Waals surface area (Å²) in [5, 5.41) is 18.7. The first-order valence-corrected chi connectivity index (χ1v) is 18.4. The minimum atomic E-state index is -3.90. The van der Waals surface area contributed by atoms with E-state index in [1.807, 2.05) is 45.0 Å². The lowest BCUT2D eigenvalue weighted by atomic mass is 10.00. The van der Waals surface area contributed by atoms with Crippen LogP contribution in [0.15, 0.2) is 67.0 Å². The Hall–Kier alpha value is -3.94. The van der Waals surface area contributed by atoms with Crippen molar-refractivity contribution in [3.8, 4) is 0 Å². The monoisotopic (exact) mass is 702 g/mol. The molecule has 4 N–H and O–H groups in total. The Balaban J connectivity index is 1.84. The Labute approximate surface area is 288 Å². The molecule has 0 saturated heterocycles. The van der Waals surface area contributed by atoms with Crippen LogP contribution in [0.1, 0.15) is 68.7 Å². The molecule has 0 saturated carbocycles. The third-order valence-electron chi connectivity index (χ3n) is 8.08. The Morgan fingerprint density at radius 1 is 0.898 bits per heavy atom. The molecule has 0 radical (unpaired) electrons. The SMILES string of the molecule is CCCC(CCC)S(=O)(=O)C[C@@H](NC(=O)OCc1cccnc1)C(=O)N[C@@H](Cc1cc(F)cc(F)c1)[C@H](O)CNCc1cccc(CC)c1. The number of hydrogen-bond donors (Lipinski definition) is 4. The van der Waals surface area contributed by atoms with Gasteiger partial charge in [0.1, 0.15) is 24.3 Å². The van der Waals surface area contributed by atoms with Crippen LogP contribution in [0, 0.1) is 11.6 Å². The number of rotatable bonds is 20. The second kappa shape index (κ2) is 19.9. The Bertz CT molecular complexity index is 1570. The summed E-state index contributed by atoms with van der Waals surface area (Å²) in [6, 6.07) is 11.4. The van der Waals surface area contributed by atoms with E-state index in [2.05, 4.69) is 20.9 Å². The maximum absolute atomic E-state index is 14.1. The Kier molecular flexibility index (Phi) is 16.0. The molecule has 1 heterocycles. The molecule has 2 aromatic carbocycles. The van der Waals surface area contributed by atoms with Crippen LogP contribution in [-0.2, 0) is 45.4 Å². The van der Waals surface area contributed by atoms with Gasteiger partial charge in [-0.15, -0.1) is 0 Å². The maximum atomic E-state index is 14.1. The molecule has 2 amide bonds. The maximum Gasteiger partial charge on any atom is 0.408 e. The van der Waals surface area contributed by atoms with Crippen LogP contribution in [0.2, 0.25) is 0 Å². The van der Waals surface area contributed by atoms with Gasteiger partial charge in [0, 0.05) is 37.1 Å². The van der Waals surface area contributed by atoms with E-state index in [-0.39, 0.29) is 25.1 Å². The van der Waals surface area contributed by atoms with Crippen LogP contribution >= 0.6 is 0 Å². The fourth-order valence-electron chi connectivity index (χ4n) is 5.53. The average molecular weight is 703 g/mol. The number of nitrogens with one attached hydrogen (secondary N) is 3. The smallest absolute Gasteiger partial charge is 0.408 e. The molecule has 0 fully saturated rings. The van der Waals surface area contributed by atoms with E-state index in [0.717, 1.165) is 29.7 Å². The highest BCUT2D eigenvalue weighted by molar-refractivity contribution is 7.92. The zero-order valence-electron chi connectivity index (χ0n) is 28.3. The van der Waals surface area contributed by atoms with Gasteiger partial charge < -0.3 is 25.8 Å². The molecule has 0 aliphatic rings. The molecule has 3 aromatic rings. The van der Waals surface area contributed by atoms with Gasteiger partial charge >= 0.3 is 6.09 Å². The summed E-state index contributed by atoms with van der Waals surface area (Å²) < 4.78 is 60.6. The lowest BCUT2D eigenvalue weighted by Crippen LogP contribution is -2.57. The lowest BCUT2D eigenvalue weighted by molar-refractivity contribution is -0.124. The zero-order chi connectivity index (χ0) is 35.8. The molecule has 49 heavy (non-hydrogen) atoms. The molecule has 0 aliphatic heterocycles. The van der Waals surface area contributed by atoms with Crippen LogP contribution in [0.3, 0.4) is 0 Å². The highest BCUT2D eigenvalue weighted by atomic mass is 32.2. The van der Waals surface area contributed by atoms with Crippen LogP contribution in [0.25, 0.3) is 0 Å². The van der Waals surface area contributed by atoms with Crippen molar-refractivity contribution in [1.82, 2.24) is 20.9 Å².